The van der Waals surface area contributed by atoms with Crippen LogP contribution < -0.4 is 0 Å². The van der Waals surface area contributed by atoms with E-state index in [0.29, 0.717) is 30.4 Å². The largest absolute Gasteiger partial charge is 0.460 e. The minimum atomic E-state index is -0.486. The molecule has 112 valence electrons. The van der Waals surface area contributed by atoms with E-state index in [1.807, 2.05) is 0 Å². The van der Waals surface area contributed by atoms with E-state index in [4.69, 9.17) is 16.3 Å². The van der Waals surface area contributed by atoms with Crippen LogP contribution in [0.25, 0.3) is 0 Å². The van der Waals surface area contributed by atoms with Crippen LogP contribution in [0.5, 0.6) is 0 Å². The number of ether oxygens (including phenoxy) is 1. The second kappa shape index (κ2) is 6.83. The first-order chi connectivity index (χ1) is 9.58. The van der Waals surface area contributed by atoms with E-state index in [1.165, 1.54) is 4.90 Å². The van der Waals surface area contributed by atoms with E-state index < -0.39 is 5.97 Å². The first-order valence-corrected chi connectivity index (χ1v) is 8.22. The summed E-state index contributed by atoms with van der Waals surface area (Å²) in [5.41, 5.74) is 0.242. The Balaban J connectivity index is 1.92. The number of hydrogen-bond acceptors (Lipinski definition) is 5. The molecule has 0 saturated carbocycles. The van der Waals surface area contributed by atoms with Crippen LogP contribution in [0.4, 0.5) is 0 Å². The number of likely N-dealkylation sites (N-methyl/N-ethyl adjacent to an activating group) is 1. The molecule has 0 N–H and O–H groups in total. The highest BCUT2D eigenvalue weighted by atomic mass is 35.5. The smallest absolute Gasteiger partial charge is 0.356 e. The van der Waals surface area contributed by atoms with Gasteiger partial charge in [0.05, 0.1) is 16.8 Å². The zero-order valence-corrected chi connectivity index (χ0v) is 13.3. The Bertz CT molecular complexity index is 437. The van der Waals surface area contributed by atoms with Gasteiger partial charge in [-0.25, -0.2) is 4.79 Å². The van der Waals surface area contributed by atoms with Gasteiger partial charge >= 0.3 is 5.97 Å². The zero-order chi connectivity index (χ0) is 14.7. The molecule has 1 amide bonds. The number of carbonyl (C=O) groups excluding carboxylic acids is 2. The fourth-order valence-electron chi connectivity index (χ4n) is 2.24. The molecule has 1 unspecified atom stereocenters. The molecule has 0 bridgehead atoms. The van der Waals surface area contributed by atoms with Crippen molar-refractivity contribution in [3.63, 3.8) is 0 Å². The lowest BCUT2D eigenvalue weighted by Gasteiger charge is -2.43. The molecule has 0 aromatic heterocycles. The Hall–Kier alpha value is -0.720. The van der Waals surface area contributed by atoms with Crippen molar-refractivity contribution in [3.8, 4) is 0 Å². The molecule has 0 aromatic carbocycles. The predicted octanol–water partition coefficient (Wildman–Crippen LogP) is 1.63. The second-order valence-corrected chi connectivity index (χ2v) is 6.27. The van der Waals surface area contributed by atoms with Gasteiger partial charge in [0, 0.05) is 12.3 Å². The molecule has 0 aromatic rings. The average Bonchev–Trinajstić information content (AvgIpc) is 2.44. The SMILES string of the molecule is CCN(CC)CCOC(=O)C1=C(Cl)CSC2CC(=O)N12. The lowest BCUT2D eigenvalue weighted by atomic mass is 10.1. The van der Waals surface area contributed by atoms with Gasteiger partial charge in [-0.05, 0) is 13.1 Å². The second-order valence-electron chi connectivity index (χ2n) is 4.65. The number of hydrogen-bond donors (Lipinski definition) is 0. The van der Waals surface area contributed by atoms with Crippen LogP contribution in [-0.2, 0) is 14.3 Å². The van der Waals surface area contributed by atoms with Crippen molar-refractivity contribution in [1.82, 2.24) is 9.80 Å². The van der Waals surface area contributed by atoms with Crippen LogP contribution in [0, 0.1) is 0 Å². The molecule has 1 saturated heterocycles. The third-order valence-electron chi connectivity index (χ3n) is 3.53. The summed E-state index contributed by atoms with van der Waals surface area (Å²) in [4.78, 5) is 27.4. The van der Waals surface area contributed by atoms with E-state index >= 15 is 0 Å². The maximum absolute atomic E-state index is 12.1. The number of amides is 1. The standard InChI is InChI=1S/C13H19ClN2O3S/c1-3-15(4-2)5-6-19-13(18)12-9(14)8-20-11-7-10(17)16(11)12/h11H,3-8H2,1-2H3. The summed E-state index contributed by atoms with van der Waals surface area (Å²) in [6.07, 6.45) is 0.477. The maximum Gasteiger partial charge on any atom is 0.356 e. The van der Waals surface area contributed by atoms with Gasteiger partial charge in [0.25, 0.3) is 0 Å². The van der Waals surface area contributed by atoms with Gasteiger partial charge in [-0.3, -0.25) is 9.69 Å². The highest BCUT2D eigenvalue weighted by Gasteiger charge is 2.45. The van der Waals surface area contributed by atoms with Crippen LogP contribution in [0.1, 0.15) is 20.3 Å². The Labute approximate surface area is 128 Å². The van der Waals surface area contributed by atoms with Crippen molar-refractivity contribution >= 4 is 35.2 Å². The molecule has 5 nitrogen and oxygen atoms in total. The summed E-state index contributed by atoms with van der Waals surface area (Å²) in [5, 5.41) is 0.461. The number of nitrogens with zero attached hydrogens (tertiary/aromatic N) is 2. The third kappa shape index (κ3) is 3.13. The van der Waals surface area contributed by atoms with Crippen LogP contribution in [-0.4, -0.2) is 59.0 Å². The summed E-state index contributed by atoms with van der Waals surface area (Å²) in [6, 6.07) is 0. The Morgan fingerprint density at radius 1 is 1.50 bits per heavy atom. The van der Waals surface area contributed by atoms with Crippen LogP contribution in [0.2, 0.25) is 0 Å². The number of halogens is 1. The lowest BCUT2D eigenvalue weighted by Crippen LogP contribution is -2.53. The van der Waals surface area contributed by atoms with Crippen molar-refractivity contribution in [1.29, 1.82) is 0 Å². The molecule has 2 heterocycles. The van der Waals surface area contributed by atoms with Gasteiger partial charge < -0.3 is 9.64 Å². The van der Waals surface area contributed by atoms with Gasteiger partial charge in [0.2, 0.25) is 5.91 Å². The van der Waals surface area contributed by atoms with Crippen molar-refractivity contribution in [2.75, 3.05) is 32.0 Å². The Morgan fingerprint density at radius 3 is 2.80 bits per heavy atom. The molecule has 0 spiro atoms. The monoisotopic (exact) mass is 318 g/mol. The van der Waals surface area contributed by atoms with Gasteiger partial charge in [-0.2, -0.15) is 0 Å². The average molecular weight is 319 g/mol. The molecule has 1 fully saturated rings. The van der Waals surface area contributed by atoms with Crippen molar-refractivity contribution in [3.05, 3.63) is 10.7 Å². The molecule has 2 aliphatic heterocycles. The number of esters is 1. The van der Waals surface area contributed by atoms with Crippen LogP contribution >= 0.6 is 23.4 Å². The van der Waals surface area contributed by atoms with Gasteiger partial charge in [0.1, 0.15) is 12.3 Å². The molecule has 2 aliphatic rings. The van der Waals surface area contributed by atoms with E-state index in [1.54, 1.807) is 11.8 Å². The number of β-lactam (4-membered cyclic amide) rings is 1. The van der Waals surface area contributed by atoms with Gasteiger partial charge in [-0.1, -0.05) is 25.4 Å². The lowest BCUT2D eigenvalue weighted by molar-refractivity contribution is -0.149. The molecule has 2 rings (SSSR count). The third-order valence-corrected chi connectivity index (χ3v) is 5.22. The Kier molecular flexibility index (Phi) is 5.35. The number of rotatable bonds is 6. The summed E-state index contributed by atoms with van der Waals surface area (Å²) in [5.74, 6) is 0.0211. The normalized spacial score (nSPS) is 21.9. The molecule has 20 heavy (non-hydrogen) atoms. The molecule has 0 radical (unpaired) electrons. The van der Waals surface area contributed by atoms with Gasteiger partial charge in [-0.15, -0.1) is 11.8 Å². The molecule has 1 atom stereocenters. The van der Waals surface area contributed by atoms with Crippen LogP contribution in [0.15, 0.2) is 10.7 Å². The highest BCUT2D eigenvalue weighted by molar-refractivity contribution is 8.00. The predicted molar refractivity (Wildman–Crippen MR) is 79.3 cm³/mol. The zero-order valence-electron chi connectivity index (χ0n) is 11.7. The molecular formula is C13H19ClN2O3S. The first-order valence-electron chi connectivity index (χ1n) is 6.80. The first kappa shape index (κ1) is 15.7. The van der Waals surface area contributed by atoms with Crippen molar-refractivity contribution in [2.24, 2.45) is 0 Å². The Morgan fingerprint density at radius 2 is 2.20 bits per heavy atom. The van der Waals surface area contributed by atoms with Crippen molar-refractivity contribution < 1.29 is 14.3 Å². The fourth-order valence-corrected chi connectivity index (χ4v) is 3.71. The molecule has 7 heteroatoms. The maximum atomic E-state index is 12.1. The van der Waals surface area contributed by atoms with Crippen LogP contribution in [0.3, 0.4) is 0 Å². The van der Waals surface area contributed by atoms with E-state index in [9.17, 15) is 9.59 Å². The van der Waals surface area contributed by atoms with E-state index in [2.05, 4.69) is 18.7 Å². The summed E-state index contributed by atoms with van der Waals surface area (Å²) < 4.78 is 5.26. The number of thioether (sulfide) groups is 1. The van der Waals surface area contributed by atoms with Gasteiger partial charge in [0.15, 0.2) is 0 Å². The summed E-state index contributed by atoms with van der Waals surface area (Å²) in [6.45, 7) is 6.96. The fraction of sp³-hybridized carbons (Fsp3) is 0.692. The summed E-state index contributed by atoms with van der Waals surface area (Å²) >= 11 is 7.67. The van der Waals surface area contributed by atoms with E-state index in [0.717, 1.165) is 13.1 Å². The van der Waals surface area contributed by atoms with E-state index in [-0.39, 0.29) is 17.0 Å². The minimum Gasteiger partial charge on any atom is -0.460 e. The molecular weight excluding hydrogens is 300 g/mol. The highest BCUT2D eigenvalue weighted by Crippen LogP contribution is 2.41. The topological polar surface area (TPSA) is 49.9 Å². The number of carbonyl (C=O) groups is 2. The quantitative estimate of drug-likeness (QED) is 0.550. The minimum absolute atomic E-state index is 0.0512. The molecule has 0 aliphatic carbocycles. The van der Waals surface area contributed by atoms with Crippen molar-refractivity contribution in [2.45, 2.75) is 25.6 Å². The summed E-state index contributed by atoms with van der Waals surface area (Å²) in [7, 11) is 0. The number of fused-ring (bicyclic) bond motifs is 1.